The van der Waals surface area contributed by atoms with E-state index < -0.39 is 0 Å². The highest BCUT2D eigenvalue weighted by Crippen LogP contribution is 2.18. The summed E-state index contributed by atoms with van der Waals surface area (Å²) in [4.78, 5) is 16.8. The predicted molar refractivity (Wildman–Crippen MR) is 84.3 cm³/mol. The van der Waals surface area contributed by atoms with Gasteiger partial charge in [0, 0.05) is 44.7 Å². The van der Waals surface area contributed by atoms with E-state index in [1.165, 1.54) is 13.0 Å². The van der Waals surface area contributed by atoms with Gasteiger partial charge in [-0.1, -0.05) is 0 Å². The number of nitrogens with one attached hydrogen (secondary N) is 1. The van der Waals surface area contributed by atoms with Crippen LogP contribution in [0.4, 0.5) is 0 Å². The fourth-order valence-electron chi connectivity index (χ4n) is 3.15. The van der Waals surface area contributed by atoms with Crippen LogP contribution in [0.5, 0.6) is 0 Å². The van der Waals surface area contributed by atoms with Crippen LogP contribution in [0.2, 0.25) is 0 Å². The molecular formula is C16H31N3O2. The average Bonchev–Trinajstić information content (AvgIpc) is 2.83. The van der Waals surface area contributed by atoms with Crippen molar-refractivity contribution in [3.05, 3.63) is 0 Å². The van der Waals surface area contributed by atoms with E-state index in [2.05, 4.69) is 15.1 Å². The van der Waals surface area contributed by atoms with Crippen LogP contribution in [-0.2, 0) is 9.53 Å². The fraction of sp³-hybridized carbons (Fsp3) is 0.938. The largest absolute Gasteiger partial charge is 0.379 e. The maximum absolute atomic E-state index is 11.9. The van der Waals surface area contributed by atoms with Gasteiger partial charge in [-0.2, -0.15) is 0 Å². The van der Waals surface area contributed by atoms with E-state index in [0.717, 1.165) is 51.9 Å². The number of morpholine rings is 1. The fourth-order valence-corrected chi connectivity index (χ4v) is 3.15. The number of carbonyl (C=O) groups excluding carboxylic acids is 1. The first-order chi connectivity index (χ1) is 9.92. The van der Waals surface area contributed by atoms with Gasteiger partial charge in [-0.3, -0.25) is 9.69 Å². The number of amides is 1. The summed E-state index contributed by atoms with van der Waals surface area (Å²) in [5.74, 6) is 0.924. The minimum atomic E-state index is -0.124. The van der Waals surface area contributed by atoms with Crippen LogP contribution in [0.3, 0.4) is 0 Å². The van der Waals surface area contributed by atoms with Crippen molar-refractivity contribution in [3.63, 3.8) is 0 Å². The van der Waals surface area contributed by atoms with Crippen molar-refractivity contribution in [1.82, 2.24) is 15.1 Å². The standard InChI is InChI=1S/C16H31N3O2/c1-16(2,3)17-15(20)5-7-18-6-4-14(12-18)13-19-8-10-21-11-9-19/h14H,4-13H2,1-3H3,(H,17,20). The van der Waals surface area contributed by atoms with Crippen molar-refractivity contribution in [2.24, 2.45) is 5.92 Å². The van der Waals surface area contributed by atoms with Gasteiger partial charge >= 0.3 is 0 Å². The van der Waals surface area contributed by atoms with Gasteiger partial charge in [0.15, 0.2) is 0 Å². The third-order valence-electron chi connectivity index (χ3n) is 4.16. The van der Waals surface area contributed by atoms with Gasteiger partial charge in [-0.25, -0.2) is 0 Å². The highest BCUT2D eigenvalue weighted by Gasteiger charge is 2.25. The molecule has 0 aromatic rings. The Bertz CT molecular complexity index is 335. The molecule has 2 aliphatic rings. The van der Waals surface area contributed by atoms with Crippen molar-refractivity contribution in [2.75, 3.05) is 52.5 Å². The summed E-state index contributed by atoms with van der Waals surface area (Å²) >= 11 is 0. The zero-order chi connectivity index (χ0) is 15.3. The number of hydrogen-bond acceptors (Lipinski definition) is 4. The van der Waals surface area contributed by atoms with Gasteiger partial charge in [0.2, 0.25) is 5.91 Å². The SMILES string of the molecule is CC(C)(C)NC(=O)CCN1CCC(CN2CCOCC2)C1. The van der Waals surface area contributed by atoms with Gasteiger partial charge in [0.25, 0.3) is 0 Å². The molecule has 0 radical (unpaired) electrons. The summed E-state index contributed by atoms with van der Waals surface area (Å²) < 4.78 is 5.39. The van der Waals surface area contributed by atoms with Gasteiger partial charge in [0.1, 0.15) is 0 Å². The molecule has 0 saturated carbocycles. The summed E-state index contributed by atoms with van der Waals surface area (Å²) in [6, 6.07) is 0. The Hall–Kier alpha value is -0.650. The minimum Gasteiger partial charge on any atom is -0.379 e. The van der Waals surface area contributed by atoms with Crippen LogP contribution in [0, 0.1) is 5.92 Å². The van der Waals surface area contributed by atoms with Gasteiger partial charge in [-0.05, 0) is 39.7 Å². The molecule has 2 rings (SSSR count). The monoisotopic (exact) mass is 297 g/mol. The van der Waals surface area contributed by atoms with E-state index in [1.807, 2.05) is 20.8 Å². The summed E-state index contributed by atoms with van der Waals surface area (Å²) in [5, 5.41) is 3.03. The van der Waals surface area contributed by atoms with Crippen molar-refractivity contribution in [2.45, 2.75) is 39.2 Å². The summed E-state index contributed by atoms with van der Waals surface area (Å²) in [5.41, 5.74) is -0.124. The number of nitrogens with zero attached hydrogens (tertiary/aromatic N) is 2. The van der Waals surface area contributed by atoms with E-state index in [1.54, 1.807) is 0 Å². The van der Waals surface area contributed by atoms with Gasteiger partial charge in [-0.15, -0.1) is 0 Å². The predicted octanol–water partition coefficient (Wildman–Crippen LogP) is 0.945. The molecule has 1 N–H and O–H groups in total. The minimum absolute atomic E-state index is 0.124. The van der Waals surface area contributed by atoms with Crippen molar-refractivity contribution in [1.29, 1.82) is 0 Å². The second-order valence-electron chi connectivity index (χ2n) is 7.42. The molecule has 1 unspecified atom stereocenters. The highest BCUT2D eigenvalue weighted by molar-refractivity contribution is 5.76. The van der Waals surface area contributed by atoms with Gasteiger partial charge < -0.3 is 15.0 Å². The van der Waals surface area contributed by atoms with Crippen LogP contribution in [-0.4, -0.2) is 73.7 Å². The molecule has 122 valence electrons. The Labute approximate surface area is 129 Å². The molecule has 0 aliphatic carbocycles. The molecule has 1 atom stereocenters. The van der Waals surface area contributed by atoms with E-state index in [9.17, 15) is 4.79 Å². The first-order valence-electron chi connectivity index (χ1n) is 8.26. The lowest BCUT2D eigenvalue weighted by atomic mass is 10.1. The third kappa shape index (κ3) is 6.32. The Morgan fingerprint density at radius 2 is 1.90 bits per heavy atom. The topological polar surface area (TPSA) is 44.8 Å². The molecule has 2 aliphatic heterocycles. The maximum Gasteiger partial charge on any atom is 0.221 e. The number of rotatable bonds is 5. The highest BCUT2D eigenvalue weighted by atomic mass is 16.5. The summed E-state index contributed by atoms with van der Waals surface area (Å²) in [6.45, 7) is 14.3. The lowest BCUT2D eigenvalue weighted by Gasteiger charge is -2.29. The maximum atomic E-state index is 11.9. The van der Waals surface area contributed by atoms with E-state index in [-0.39, 0.29) is 11.4 Å². The second kappa shape index (κ2) is 7.56. The Morgan fingerprint density at radius 3 is 2.57 bits per heavy atom. The lowest BCUT2D eigenvalue weighted by Crippen LogP contribution is -2.42. The smallest absolute Gasteiger partial charge is 0.221 e. The van der Waals surface area contributed by atoms with E-state index in [4.69, 9.17) is 4.74 Å². The summed E-state index contributed by atoms with van der Waals surface area (Å²) in [6.07, 6.45) is 1.87. The molecule has 2 heterocycles. The van der Waals surface area contributed by atoms with Gasteiger partial charge in [0.05, 0.1) is 13.2 Å². The molecule has 1 amide bonds. The number of likely N-dealkylation sites (tertiary alicyclic amines) is 1. The summed E-state index contributed by atoms with van der Waals surface area (Å²) in [7, 11) is 0. The van der Waals surface area contributed by atoms with Crippen molar-refractivity contribution < 1.29 is 9.53 Å². The Balaban J connectivity index is 1.62. The Kier molecular flexibility index (Phi) is 6.02. The molecule has 0 spiro atoms. The molecule has 0 bridgehead atoms. The first kappa shape index (κ1) is 16.7. The second-order valence-corrected chi connectivity index (χ2v) is 7.42. The molecule has 5 heteroatoms. The molecule has 0 aromatic heterocycles. The van der Waals surface area contributed by atoms with Crippen molar-refractivity contribution in [3.8, 4) is 0 Å². The number of ether oxygens (including phenoxy) is 1. The van der Waals surface area contributed by atoms with Crippen molar-refractivity contribution >= 4 is 5.91 Å². The molecule has 21 heavy (non-hydrogen) atoms. The third-order valence-corrected chi connectivity index (χ3v) is 4.16. The molecule has 5 nitrogen and oxygen atoms in total. The molecule has 2 saturated heterocycles. The number of hydrogen-bond donors (Lipinski definition) is 1. The van der Waals surface area contributed by atoms with E-state index in [0.29, 0.717) is 6.42 Å². The normalized spacial score (nSPS) is 25.2. The van der Waals surface area contributed by atoms with Crippen LogP contribution >= 0.6 is 0 Å². The molecule has 0 aromatic carbocycles. The number of carbonyl (C=O) groups is 1. The Morgan fingerprint density at radius 1 is 1.19 bits per heavy atom. The van der Waals surface area contributed by atoms with Crippen LogP contribution in [0.1, 0.15) is 33.6 Å². The zero-order valence-electron chi connectivity index (χ0n) is 13.9. The average molecular weight is 297 g/mol. The zero-order valence-corrected chi connectivity index (χ0v) is 13.9. The first-order valence-corrected chi connectivity index (χ1v) is 8.26. The van der Waals surface area contributed by atoms with Crippen LogP contribution in [0.25, 0.3) is 0 Å². The lowest BCUT2D eigenvalue weighted by molar-refractivity contribution is -0.122. The van der Waals surface area contributed by atoms with Crippen LogP contribution in [0.15, 0.2) is 0 Å². The quantitative estimate of drug-likeness (QED) is 0.820. The molecule has 2 fully saturated rings. The van der Waals surface area contributed by atoms with E-state index >= 15 is 0 Å². The molecular weight excluding hydrogens is 266 g/mol. The van der Waals surface area contributed by atoms with Crippen LogP contribution < -0.4 is 5.32 Å².